The highest BCUT2D eigenvalue weighted by Crippen LogP contribution is 2.34. The van der Waals surface area contributed by atoms with Crippen molar-refractivity contribution in [2.75, 3.05) is 6.61 Å². The predicted octanol–water partition coefficient (Wildman–Crippen LogP) is 6.71. The maximum Gasteiger partial charge on any atom is 0.417 e. The van der Waals surface area contributed by atoms with E-state index in [1.165, 1.54) is 18.6 Å². The van der Waals surface area contributed by atoms with E-state index in [0.29, 0.717) is 18.1 Å². The lowest BCUT2D eigenvalue weighted by molar-refractivity contribution is -0.137. The first-order chi connectivity index (χ1) is 12.9. The van der Waals surface area contributed by atoms with Gasteiger partial charge in [-0.2, -0.15) is 13.2 Å². The van der Waals surface area contributed by atoms with E-state index in [4.69, 9.17) is 16.4 Å². The minimum atomic E-state index is -4.52. The minimum Gasteiger partial charge on any atom is -0.395 e. The molecule has 1 fully saturated rings. The van der Waals surface area contributed by atoms with Gasteiger partial charge in [0.1, 0.15) is 12.3 Å². The fourth-order valence-electron chi connectivity index (χ4n) is 3.37. The Kier molecular flexibility index (Phi) is 6.42. The zero-order valence-electron chi connectivity index (χ0n) is 14.8. The summed E-state index contributed by atoms with van der Waals surface area (Å²) in [7, 11) is 0. The molecule has 0 saturated heterocycles. The van der Waals surface area contributed by atoms with Gasteiger partial charge in [-0.25, -0.2) is 0 Å². The summed E-state index contributed by atoms with van der Waals surface area (Å²) in [5.74, 6) is 0.404. The fraction of sp³-hybridized carbons (Fsp3) is 0.381. The van der Waals surface area contributed by atoms with Crippen molar-refractivity contribution >= 4 is 17.3 Å². The van der Waals surface area contributed by atoms with Gasteiger partial charge in [-0.05, 0) is 37.0 Å². The number of nitrogens with zero attached hydrogens (tertiary/aromatic N) is 1. The van der Waals surface area contributed by atoms with Crippen LogP contribution in [0.5, 0.6) is 0 Å². The second-order valence-electron chi connectivity index (χ2n) is 6.79. The largest absolute Gasteiger partial charge is 0.417 e. The third kappa shape index (κ3) is 5.25. The Balaban J connectivity index is 1.96. The monoisotopic (exact) mass is 395 g/mol. The number of rotatable bonds is 5. The smallest absolute Gasteiger partial charge is 0.395 e. The van der Waals surface area contributed by atoms with Crippen LogP contribution in [-0.4, -0.2) is 12.3 Å². The van der Waals surface area contributed by atoms with Crippen LogP contribution in [0.2, 0.25) is 5.02 Å². The van der Waals surface area contributed by atoms with Crippen LogP contribution >= 0.6 is 11.6 Å². The maximum absolute atomic E-state index is 13.5. The van der Waals surface area contributed by atoms with Gasteiger partial charge in [0.15, 0.2) is 0 Å². The fourth-order valence-corrected chi connectivity index (χ4v) is 3.55. The van der Waals surface area contributed by atoms with Crippen LogP contribution in [-0.2, 0) is 11.0 Å². The summed E-state index contributed by atoms with van der Waals surface area (Å²) in [6, 6.07) is 12.2. The minimum absolute atomic E-state index is 0.0788. The molecular formula is C21H21ClF3NO. The first-order valence-corrected chi connectivity index (χ1v) is 9.45. The van der Waals surface area contributed by atoms with Gasteiger partial charge in [0.05, 0.1) is 5.56 Å². The highest BCUT2D eigenvalue weighted by molar-refractivity contribution is 6.31. The Bertz CT molecular complexity index is 784. The van der Waals surface area contributed by atoms with E-state index >= 15 is 0 Å². The third-order valence-electron chi connectivity index (χ3n) is 4.78. The molecule has 0 atom stereocenters. The van der Waals surface area contributed by atoms with E-state index < -0.39 is 11.7 Å². The lowest BCUT2D eigenvalue weighted by Crippen LogP contribution is -2.16. The molecule has 144 valence electrons. The van der Waals surface area contributed by atoms with E-state index in [9.17, 15) is 13.2 Å². The van der Waals surface area contributed by atoms with Gasteiger partial charge in [0.25, 0.3) is 0 Å². The van der Waals surface area contributed by atoms with Crippen LogP contribution in [0.25, 0.3) is 0 Å². The van der Waals surface area contributed by atoms with Crippen molar-refractivity contribution in [1.82, 2.24) is 0 Å². The highest BCUT2D eigenvalue weighted by Gasteiger charge is 2.35. The standard InChI is InChI=1S/C21H21ClF3NO/c22-17-11-12-19(21(23,24)25)18(13-17)20(16-9-5-2-6-10-16)26-27-14-15-7-3-1-4-8-15/h2,5-6,9-13,15H,1,3-4,7-8,14H2/b26-20+. The van der Waals surface area contributed by atoms with Gasteiger partial charge in [0.2, 0.25) is 0 Å². The van der Waals surface area contributed by atoms with Crippen LogP contribution in [0.1, 0.15) is 48.8 Å². The number of oxime groups is 1. The van der Waals surface area contributed by atoms with Crippen molar-refractivity contribution in [1.29, 1.82) is 0 Å². The number of halogens is 4. The topological polar surface area (TPSA) is 21.6 Å². The van der Waals surface area contributed by atoms with Crippen molar-refractivity contribution in [2.45, 2.75) is 38.3 Å². The van der Waals surface area contributed by atoms with Crippen LogP contribution in [0.3, 0.4) is 0 Å². The second-order valence-corrected chi connectivity index (χ2v) is 7.23. The quantitative estimate of drug-likeness (QED) is 0.407. The van der Waals surface area contributed by atoms with Crippen LogP contribution in [0.15, 0.2) is 53.7 Å². The molecule has 27 heavy (non-hydrogen) atoms. The molecule has 0 aromatic heterocycles. The molecule has 1 aliphatic carbocycles. The number of hydrogen-bond donors (Lipinski definition) is 0. The molecule has 2 aromatic rings. The lowest BCUT2D eigenvalue weighted by Gasteiger charge is -2.20. The third-order valence-corrected chi connectivity index (χ3v) is 5.02. The molecule has 6 heteroatoms. The number of alkyl halides is 3. The molecule has 0 spiro atoms. The highest BCUT2D eigenvalue weighted by atomic mass is 35.5. The Hall–Kier alpha value is -2.01. The van der Waals surface area contributed by atoms with E-state index in [0.717, 1.165) is 31.7 Å². The van der Waals surface area contributed by atoms with Gasteiger partial charge in [0, 0.05) is 16.1 Å². The molecule has 0 heterocycles. The molecule has 3 rings (SSSR count). The normalized spacial score (nSPS) is 16.4. The van der Waals surface area contributed by atoms with Crippen LogP contribution in [0.4, 0.5) is 13.2 Å². The van der Waals surface area contributed by atoms with Crippen molar-refractivity contribution < 1.29 is 18.0 Å². The van der Waals surface area contributed by atoms with E-state index in [1.54, 1.807) is 30.3 Å². The van der Waals surface area contributed by atoms with Gasteiger partial charge < -0.3 is 4.84 Å². The van der Waals surface area contributed by atoms with Crippen molar-refractivity contribution in [3.8, 4) is 0 Å². The number of hydrogen-bond acceptors (Lipinski definition) is 2. The summed E-state index contributed by atoms with van der Waals surface area (Å²) in [4.78, 5) is 5.53. The Morgan fingerprint density at radius 3 is 2.41 bits per heavy atom. The molecule has 2 aromatic carbocycles. The summed E-state index contributed by atoms with van der Waals surface area (Å²) in [6.45, 7) is 0.415. The van der Waals surface area contributed by atoms with Crippen molar-refractivity contribution in [2.24, 2.45) is 11.1 Å². The summed E-state index contributed by atoms with van der Waals surface area (Å²) >= 11 is 5.99. The molecule has 0 bridgehead atoms. The molecule has 1 saturated carbocycles. The lowest BCUT2D eigenvalue weighted by atomic mass is 9.90. The Morgan fingerprint density at radius 1 is 1.04 bits per heavy atom. The van der Waals surface area contributed by atoms with E-state index in [1.807, 2.05) is 0 Å². The number of benzene rings is 2. The second kappa shape index (κ2) is 8.79. The van der Waals surface area contributed by atoms with E-state index in [2.05, 4.69) is 5.16 Å². The summed E-state index contributed by atoms with van der Waals surface area (Å²) < 4.78 is 40.6. The average Bonchev–Trinajstić information content (AvgIpc) is 2.66. The van der Waals surface area contributed by atoms with Gasteiger partial charge in [-0.15, -0.1) is 0 Å². The molecule has 0 amide bonds. The van der Waals surface area contributed by atoms with Crippen molar-refractivity contribution in [3.05, 3.63) is 70.2 Å². The molecule has 0 unspecified atom stereocenters. The molecule has 0 radical (unpaired) electrons. The first-order valence-electron chi connectivity index (χ1n) is 9.07. The SMILES string of the molecule is FC(F)(F)c1ccc(Cl)cc1/C(=N/OCC1CCCCC1)c1ccccc1. The molecular weight excluding hydrogens is 375 g/mol. The maximum atomic E-state index is 13.5. The first kappa shape index (κ1) is 19.7. The van der Waals surface area contributed by atoms with Crippen LogP contribution < -0.4 is 0 Å². The molecule has 0 aliphatic heterocycles. The molecule has 1 aliphatic rings. The van der Waals surface area contributed by atoms with Crippen LogP contribution in [0, 0.1) is 5.92 Å². The molecule has 2 nitrogen and oxygen atoms in total. The summed E-state index contributed by atoms with van der Waals surface area (Å²) in [5.41, 5.74) is -0.171. The van der Waals surface area contributed by atoms with Gasteiger partial charge in [-0.3, -0.25) is 0 Å². The summed E-state index contributed by atoms with van der Waals surface area (Å²) in [5, 5.41) is 4.35. The van der Waals surface area contributed by atoms with Crippen molar-refractivity contribution in [3.63, 3.8) is 0 Å². The van der Waals surface area contributed by atoms with Gasteiger partial charge in [-0.1, -0.05) is 66.4 Å². The molecule has 0 N–H and O–H groups in total. The Morgan fingerprint density at radius 2 is 1.74 bits per heavy atom. The zero-order chi connectivity index (χ0) is 19.3. The zero-order valence-corrected chi connectivity index (χ0v) is 15.6. The van der Waals surface area contributed by atoms with E-state index in [-0.39, 0.29) is 16.3 Å². The summed E-state index contributed by atoms with van der Waals surface area (Å²) in [6.07, 6.45) is 1.18. The Labute approximate surface area is 162 Å². The predicted molar refractivity (Wildman–Crippen MR) is 101 cm³/mol. The average molecular weight is 396 g/mol. The van der Waals surface area contributed by atoms with Gasteiger partial charge >= 0.3 is 6.18 Å².